The molecule has 0 spiro atoms. The minimum Gasteiger partial charge on any atom is -0.268 e. The summed E-state index contributed by atoms with van der Waals surface area (Å²) in [5, 5.41) is 0. The molecule has 0 bridgehead atoms. The van der Waals surface area contributed by atoms with Gasteiger partial charge in [0.05, 0.1) is 5.70 Å². The van der Waals surface area contributed by atoms with E-state index < -0.39 is 0 Å². The van der Waals surface area contributed by atoms with Gasteiger partial charge in [-0.25, -0.2) is 0 Å². The Morgan fingerprint density at radius 1 is 1.40 bits per heavy atom. The van der Waals surface area contributed by atoms with E-state index in [-0.39, 0.29) is 0 Å². The first-order valence-electron chi connectivity index (χ1n) is 3.42. The normalized spacial score (nSPS) is 10.6. The van der Waals surface area contributed by atoms with Crippen molar-refractivity contribution in [3.05, 3.63) is 11.9 Å². The number of rotatable bonds is 2. The molecule has 0 heterocycles. The molecule has 2 heteroatoms. The van der Waals surface area contributed by atoms with Crippen molar-refractivity contribution in [1.29, 1.82) is 0 Å². The van der Waals surface area contributed by atoms with Gasteiger partial charge in [0.2, 0.25) is 0 Å². The average Bonchev–Trinajstić information content (AvgIpc) is 2.04. The molecule has 0 rings (SSSR count). The molecule has 10 heavy (non-hydrogen) atoms. The van der Waals surface area contributed by atoms with Crippen LogP contribution in [0.2, 0.25) is 0 Å². The Hall–Kier alpha value is -0.920. The summed E-state index contributed by atoms with van der Waals surface area (Å²) in [6.07, 6.45) is 3.36. The minimum atomic E-state index is 0.836. The van der Waals surface area contributed by atoms with E-state index in [2.05, 4.69) is 16.7 Å². The summed E-state index contributed by atoms with van der Waals surface area (Å²) in [5.74, 6) is 0. The molecule has 0 radical (unpaired) electrons. The van der Waals surface area contributed by atoms with E-state index in [0.29, 0.717) is 0 Å². The fourth-order valence-electron chi connectivity index (χ4n) is 0.223. The maximum absolute atomic E-state index is 3.82. The van der Waals surface area contributed by atoms with Crippen LogP contribution in [-0.4, -0.2) is 12.9 Å². The number of allylic oxidation sites excluding steroid dienone is 1. The molecule has 0 N–H and O–H groups in total. The highest BCUT2D eigenvalue weighted by Gasteiger charge is 1.72. The fraction of sp³-hybridized carbons (Fsp3) is 0.500. The zero-order valence-electron chi connectivity index (χ0n) is 7.26. The van der Waals surface area contributed by atoms with Crippen LogP contribution in [0.4, 0.5) is 0 Å². The van der Waals surface area contributed by atoms with E-state index in [4.69, 9.17) is 0 Å². The van der Waals surface area contributed by atoms with Crippen molar-refractivity contribution >= 4 is 12.9 Å². The maximum atomic E-state index is 3.82. The molecule has 0 saturated carbocycles. The van der Waals surface area contributed by atoms with Crippen molar-refractivity contribution in [2.24, 2.45) is 9.98 Å². The molecule has 0 unspecified atom stereocenters. The monoisotopic (exact) mass is 140 g/mol. The minimum absolute atomic E-state index is 0.836. The van der Waals surface area contributed by atoms with Crippen LogP contribution in [0.5, 0.6) is 0 Å². The summed E-state index contributed by atoms with van der Waals surface area (Å²) in [6.45, 7) is 11.0. The predicted molar refractivity (Wildman–Crippen MR) is 48.8 cm³/mol. The fourth-order valence-corrected chi connectivity index (χ4v) is 0.223. The second-order valence-electron chi connectivity index (χ2n) is 1.34. The summed E-state index contributed by atoms with van der Waals surface area (Å²) in [7, 11) is 0. The molecule has 0 fully saturated rings. The van der Waals surface area contributed by atoms with Gasteiger partial charge in [0.1, 0.15) is 0 Å². The molecule has 0 aromatic carbocycles. The third kappa shape index (κ3) is 10.1. The quantitative estimate of drug-likeness (QED) is 0.527. The van der Waals surface area contributed by atoms with Crippen LogP contribution in [0.3, 0.4) is 0 Å². The molecular formula is C8H16N2. The average molecular weight is 140 g/mol. The van der Waals surface area contributed by atoms with Gasteiger partial charge in [-0.1, -0.05) is 13.8 Å². The largest absolute Gasteiger partial charge is 0.268 e. The lowest BCUT2D eigenvalue weighted by molar-refractivity contribution is 1.29. The summed E-state index contributed by atoms with van der Waals surface area (Å²) in [5.41, 5.74) is 0.836. The zero-order chi connectivity index (χ0) is 8.41. The molecule has 2 nitrogen and oxygen atoms in total. The first-order valence-corrected chi connectivity index (χ1v) is 3.42. The van der Waals surface area contributed by atoms with Crippen molar-refractivity contribution in [3.8, 4) is 0 Å². The van der Waals surface area contributed by atoms with Crippen LogP contribution >= 0.6 is 0 Å². The first-order chi connectivity index (χ1) is 4.81. The van der Waals surface area contributed by atoms with E-state index in [1.54, 1.807) is 12.4 Å². The van der Waals surface area contributed by atoms with Gasteiger partial charge in [-0.05, 0) is 20.6 Å². The predicted octanol–water partition coefficient (Wildman–Crippen LogP) is 2.67. The van der Waals surface area contributed by atoms with Gasteiger partial charge in [-0.15, -0.1) is 0 Å². The Labute approximate surface area is 63.4 Å². The van der Waals surface area contributed by atoms with Crippen LogP contribution in [0.1, 0.15) is 27.7 Å². The first kappa shape index (κ1) is 11.8. The SMILES string of the molecule is C=N/C(C)=C\N=CC.CC. The lowest BCUT2D eigenvalue weighted by Gasteiger charge is -1.81. The molecule has 0 aromatic heterocycles. The summed E-state index contributed by atoms with van der Waals surface area (Å²) < 4.78 is 0. The number of aliphatic imine (C=N–C) groups is 2. The van der Waals surface area contributed by atoms with E-state index in [0.717, 1.165) is 5.70 Å². The molecule has 0 amide bonds. The Kier molecular flexibility index (Phi) is 13.0. The Bertz CT molecular complexity index is 123. The van der Waals surface area contributed by atoms with Gasteiger partial charge < -0.3 is 0 Å². The summed E-state index contributed by atoms with van der Waals surface area (Å²) in [4.78, 5) is 7.45. The number of hydrogen-bond donors (Lipinski definition) is 0. The van der Waals surface area contributed by atoms with Gasteiger partial charge >= 0.3 is 0 Å². The molecule has 0 aromatic rings. The van der Waals surface area contributed by atoms with Crippen LogP contribution < -0.4 is 0 Å². The lowest BCUT2D eigenvalue weighted by atomic mass is 10.6. The van der Waals surface area contributed by atoms with E-state index in [9.17, 15) is 0 Å². The molecular weight excluding hydrogens is 124 g/mol. The molecule has 0 saturated heterocycles. The standard InChI is InChI=1S/C6H10N2.C2H6/c1-4-8-5-6(2)7-3;1-2/h4-5H,3H2,1-2H3;1-2H3/b6-5-,8-4?;. The van der Waals surface area contributed by atoms with E-state index in [1.807, 2.05) is 27.7 Å². The van der Waals surface area contributed by atoms with Crippen molar-refractivity contribution in [2.75, 3.05) is 0 Å². The van der Waals surface area contributed by atoms with Crippen molar-refractivity contribution in [2.45, 2.75) is 27.7 Å². The van der Waals surface area contributed by atoms with Gasteiger partial charge in [0, 0.05) is 12.4 Å². The number of hydrogen-bond acceptors (Lipinski definition) is 2. The Morgan fingerprint density at radius 3 is 2.20 bits per heavy atom. The van der Waals surface area contributed by atoms with Crippen molar-refractivity contribution < 1.29 is 0 Å². The Balaban J connectivity index is 0. The third-order valence-electron chi connectivity index (χ3n) is 0.660. The highest BCUT2D eigenvalue weighted by atomic mass is 14.8. The van der Waals surface area contributed by atoms with Crippen LogP contribution in [-0.2, 0) is 0 Å². The second-order valence-corrected chi connectivity index (χ2v) is 1.34. The van der Waals surface area contributed by atoms with Crippen LogP contribution in [0.25, 0.3) is 0 Å². The van der Waals surface area contributed by atoms with Crippen LogP contribution in [0.15, 0.2) is 21.9 Å². The second kappa shape index (κ2) is 11.0. The van der Waals surface area contributed by atoms with E-state index in [1.165, 1.54) is 0 Å². The molecule has 0 atom stereocenters. The lowest BCUT2D eigenvalue weighted by Crippen LogP contribution is -1.63. The summed E-state index contributed by atoms with van der Waals surface area (Å²) in [6, 6.07) is 0. The maximum Gasteiger partial charge on any atom is 0.0547 e. The molecule has 58 valence electrons. The number of nitrogens with zero attached hydrogens (tertiary/aromatic N) is 2. The van der Waals surface area contributed by atoms with Gasteiger partial charge in [-0.2, -0.15) is 0 Å². The van der Waals surface area contributed by atoms with Crippen molar-refractivity contribution in [3.63, 3.8) is 0 Å². The van der Waals surface area contributed by atoms with Gasteiger partial charge in [-0.3, -0.25) is 9.98 Å². The third-order valence-corrected chi connectivity index (χ3v) is 0.660. The zero-order valence-corrected chi connectivity index (χ0v) is 7.26. The molecule has 0 aliphatic heterocycles. The molecule has 0 aliphatic carbocycles. The smallest absolute Gasteiger partial charge is 0.0547 e. The van der Waals surface area contributed by atoms with E-state index >= 15 is 0 Å². The van der Waals surface area contributed by atoms with Crippen molar-refractivity contribution in [1.82, 2.24) is 0 Å². The summed E-state index contributed by atoms with van der Waals surface area (Å²) >= 11 is 0. The highest BCUT2D eigenvalue weighted by molar-refractivity contribution is 5.54. The van der Waals surface area contributed by atoms with Gasteiger partial charge in [0.15, 0.2) is 0 Å². The van der Waals surface area contributed by atoms with Crippen LogP contribution in [0, 0.1) is 0 Å². The molecule has 0 aliphatic rings. The Morgan fingerprint density at radius 2 is 1.90 bits per heavy atom. The van der Waals surface area contributed by atoms with Gasteiger partial charge in [0.25, 0.3) is 0 Å². The highest BCUT2D eigenvalue weighted by Crippen LogP contribution is 1.90. The topological polar surface area (TPSA) is 24.7 Å².